The molecule has 1 heterocycles. The molecule has 1 aromatic rings. The van der Waals surface area contributed by atoms with Crippen LogP contribution in [0.3, 0.4) is 0 Å². The van der Waals surface area contributed by atoms with E-state index in [-0.39, 0.29) is 18.3 Å². The van der Waals surface area contributed by atoms with Crippen molar-refractivity contribution in [2.24, 2.45) is 0 Å². The summed E-state index contributed by atoms with van der Waals surface area (Å²) in [6.07, 6.45) is 0.917. The molecule has 0 spiro atoms. The highest BCUT2D eigenvalue weighted by atomic mass is 16.6. The molecule has 7 heteroatoms. The van der Waals surface area contributed by atoms with E-state index in [4.69, 9.17) is 14.2 Å². The molecule has 0 N–H and O–H groups in total. The number of hydrogen-bond acceptors (Lipinski definition) is 6. The molecule has 0 aromatic heterocycles. The molecule has 1 fully saturated rings. The fraction of sp³-hybridized carbons (Fsp3) is 0.533. The summed E-state index contributed by atoms with van der Waals surface area (Å²) in [5.74, 6) is -0.0189. The average Bonchev–Trinajstić information content (AvgIpc) is 2.55. The summed E-state index contributed by atoms with van der Waals surface area (Å²) < 4.78 is 15.9. The van der Waals surface area contributed by atoms with Gasteiger partial charge in [-0.15, -0.1) is 0 Å². The lowest BCUT2D eigenvalue weighted by Crippen LogP contribution is -2.42. The highest BCUT2D eigenvalue weighted by Crippen LogP contribution is 2.42. The number of carbonyl (C=O) groups is 1. The Kier molecular flexibility index (Phi) is 4.97. The van der Waals surface area contributed by atoms with Crippen LogP contribution in [-0.4, -0.2) is 37.8 Å². The molecular formula is C15H19NO6. The molecule has 1 saturated heterocycles. The number of benzene rings is 1. The standard InChI is InChI=1S/C15H19NO6/c1-3-22-14(17)15(6-8-21-9-7-15)12-5-4-11(16(18)19)10-13(12)20-2/h4-5,10H,3,6-9H2,1-2H3. The number of non-ortho nitro benzene ring substituents is 1. The zero-order chi connectivity index (χ0) is 16.2. The van der Waals surface area contributed by atoms with Gasteiger partial charge in [0.15, 0.2) is 0 Å². The fourth-order valence-corrected chi connectivity index (χ4v) is 2.76. The second kappa shape index (κ2) is 6.74. The van der Waals surface area contributed by atoms with Crippen LogP contribution in [0.15, 0.2) is 18.2 Å². The van der Waals surface area contributed by atoms with Gasteiger partial charge in [0.1, 0.15) is 11.2 Å². The van der Waals surface area contributed by atoms with Gasteiger partial charge in [0, 0.05) is 24.8 Å². The number of hydrogen-bond donors (Lipinski definition) is 0. The lowest BCUT2D eigenvalue weighted by atomic mass is 9.73. The highest BCUT2D eigenvalue weighted by Gasteiger charge is 2.45. The van der Waals surface area contributed by atoms with Crippen molar-refractivity contribution >= 4 is 11.7 Å². The Bertz CT molecular complexity index is 565. The molecule has 0 radical (unpaired) electrons. The number of nitrogens with zero attached hydrogens (tertiary/aromatic N) is 1. The Labute approximate surface area is 128 Å². The molecule has 0 bridgehead atoms. The monoisotopic (exact) mass is 309 g/mol. The molecule has 1 aromatic carbocycles. The van der Waals surface area contributed by atoms with Crippen molar-refractivity contribution < 1.29 is 23.9 Å². The molecule has 0 amide bonds. The van der Waals surface area contributed by atoms with Gasteiger partial charge in [0.2, 0.25) is 0 Å². The molecule has 22 heavy (non-hydrogen) atoms. The van der Waals surface area contributed by atoms with E-state index in [1.54, 1.807) is 13.0 Å². The van der Waals surface area contributed by atoms with Crippen LogP contribution in [0.2, 0.25) is 0 Å². The smallest absolute Gasteiger partial charge is 0.316 e. The molecule has 120 valence electrons. The molecule has 2 rings (SSSR count). The minimum atomic E-state index is -0.880. The van der Waals surface area contributed by atoms with Gasteiger partial charge in [-0.1, -0.05) is 0 Å². The Morgan fingerprint density at radius 3 is 2.64 bits per heavy atom. The van der Waals surface area contributed by atoms with Gasteiger partial charge in [-0.25, -0.2) is 0 Å². The number of ether oxygens (including phenoxy) is 3. The van der Waals surface area contributed by atoms with E-state index >= 15 is 0 Å². The maximum atomic E-state index is 12.5. The second-order valence-electron chi connectivity index (χ2n) is 5.06. The molecule has 1 aliphatic heterocycles. The Morgan fingerprint density at radius 1 is 1.41 bits per heavy atom. The number of nitro benzene ring substituents is 1. The van der Waals surface area contributed by atoms with Crippen LogP contribution in [0.5, 0.6) is 5.75 Å². The maximum Gasteiger partial charge on any atom is 0.316 e. The van der Waals surface area contributed by atoms with Crippen LogP contribution >= 0.6 is 0 Å². The molecular weight excluding hydrogens is 290 g/mol. The number of rotatable bonds is 5. The minimum absolute atomic E-state index is 0.0772. The topological polar surface area (TPSA) is 87.9 Å². The number of esters is 1. The summed E-state index contributed by atoms with van der Waals surface area (Å²) in [5, 5.41) is 10.9. The van der Waals surface area contributed by atoms with Crippen molar-refractivity contribution in [2.45, 2.75) is 25.2 Å². The van der Waals surface area contributed by atoms with Gasteiger partial charge in [-0.3, -0.25) is 14.9 Å². The first kappa shape index (κ1) is 16.2. The van der Waals surface area contributed by atoms with Crippen LogP contribution in [0, 0.1) is 10.1 Å². The van der Waals surface area contributed by atoms with Crippen molar-refractivity contribution in [3.63, 3.8) is 0 Å². The summed E-state index contributed by atoms with van der Waals surface area (Å²) in [5.41, 5.74) is -0.344. The zero-order valence-electron chi connectivity index (χ0n) is 12.7. The van der Waals surface area contributed by atoms with E-state index in [2.05, 4.69) is 0 Å². The fourth-order valence-electron chi connectivity index (χ4n) is 2.76. The summed E-state index contributed by atoms with van der Waals surface area (Å²) in [6, 6.07) is 4.30. The van der Waals surface area contributed by atoms with E-state index < -0.39 is 10.3 Å². The van der Waals surface area contributed by atoms with Gasteiger partial charge in [0.05, 0.1) is 24.7 Å². The molecule has 0 saturated carbocycles. The minimum Gasteiger partial charge on any atom is -0.496 e. The van der Waals surface area contributed by atoms with E-state index in [9.17, 15) is 14.9 Å². The van der Waals surface area contributed by atoms with Crippen LogP contribution in [0.1, 0.15) is 25.3 Å². The predicted molar refractivity (Wildman–Crippen MR) is 78.0 cm³/mol. The molecule has 0 aliphatic carbocycles. The first-order valence-corrected chi connectivity index (χ1v) is 7.13. The highest BCUT2D eigenvalue weighted by molar-refractivity contribution is 5.84. The van der Waals surface area contributed by atoms with Crippen molar-refractivity contribution in [2.75, 3.05) is 26.9 Å². The summed E-state index contributed by atoms with van der Waals surface area (Å²) in [4.78, 5) is 23.0. The van der Waals surface area contributed by atoms with Gasteiger partial charge >= 0.3 is 5.97 Å². The molecule has 1 aliphatic rings. The zero-order valence-corrected chi connectivity index (χ0v) is 12.7. The van der Waals surface area contributed by atoms with Crippen molar-refractivity contribution in [3.05, 3.63) is 33.9 Å². The summed E-state index contributed by atoms with van der Waals surface area (Å²) in [7, 11) is 1.43. The molecule has 7 nitrogen and oxygen atoms in total. The average molecular weight is 309 g/mol. The lowest BCUT2D eigenvalue weighted by Gasteiger charge is -2.35. The Hall–Kier alpha value is -2.15. The first-order chi connectivity index (χ1) is 10.5. The van der Waals surface area contributed by atoms with E-state index in [0.717, 1.165) is 0 Å². The number of methoxy groups -OCH3 is 1. The molecule has 0 atom stereocenters. The normalized spacial score (nSPS) is 16.8. The summed E-state index contributed by atoms with van der Waals surface area (Å²) in [6.45, 7) is 2.88. The van der Waals surface area contributed by atoms with Crippen LogP contribution in [-0.2, 0) is 19.7 Å². The first-order valence-electron chi connectivity index (χ1n) is 7.13. The summed E-state index contributed by atoms with van der Waals surface area (Å²) >= 11 is 0. The van der Waals surface area contributed by atoms with Crippen LogP contribution in [0.4, 0.5) is 5.69 Å². The third-order valence-electron chi connectivity index (χ3n) is 3.92. The quantitative estimate of drug-likeness (QED) is 0.471. The van der Waals surface area contributed by atoms with E-state index in [1.807, 2.05) is 0 Å². The number of carbonyl (C=O) groups excluding carboxylic acids is 1. The maximum absolute atomic E-state index is 12.5. The van der Waals surface area contributed by atoms with Crippen LogP contribution < -0.4 is 4.74 Å². The third-order valence-corrected chi connectivity index (χ3v) is 3.92. The second-order valence-corrected chi connectivity index (χ2v) is 5.06. The largest absolute Gasteiger partial charge is 0.496 e. The van der Waals surface area contributed by atoms with Gasteiger partial charge in [-0.05, 0) is 25.8 Å². The van der Waals surface area contributed by atoms with Crippen LogP contribution in [0.25, 0.3) is 0 Å². The van der Waals surface area contributed by atoms with Crippen molar-refractivity contribution in [1.29, 1.82) is 0 Å². The van der Waals surface area contributed by atoms with E-state index in [0.29, 0.717) is 37.4 Å². The van der Waals surface area contributed by atoms with Gasteiger partial charge in [-0.2, -0.15) is 0 Å². The Morgan fingerprint density at radius 2 is 2.09 bits per heavy atom. The lowest BCUT2D eigenvalue weighted by molar-refractivity contribution is -0.385. The number of nitro groups is 1. The third kappa shape index (κ3) is 2.89. The van der Waals surface area contributed by atoms with Crippen molar-refractivity contribution in [3.8, 4) is 5.75 Å². The van der Waals surface area contributed by atoms with E-state index in [1.165, 1.54) is 19.2 Å². The van der Waals surface area contributed by atoms with Gasteiger partial charge < -0.3 is 14.2 Å². The Balaban J connectivity index is 2.51. The predicted octanol–water partition coefficient (Wildman–Crippen LogP) is 2.21. The van der Waals surface area contributed by atoms with Crippen molar-refractivity contribution in [1.82, 2.24) is 0 Å². The van der Waals surface area contributed by atoms with Gasteiger partial charge in [0.25, 0.3) is 5.69 Å². The SMILES string of the molecule is CCOC(=O)C1(c2ccc([N+](=O)[O-])cc2OC)CCOCC1. The molecule has 0 unspecified atom stereocenters.